The van der Waals surface area contributed by atoms with Gasteiger partial charge >= 0.3 is 0 Å². The second kappa shape index (κ2) is 7.30. The highest BCUT2D eigenvalue weighted by Gasteiger charge is 2.18. The summed E-state index contributed by atoms with van der Waals surface area (Å²) in [6.07, 6.45) is 2.41. The van der Waals surface area contributed by atoms with Crippen LogP contribution >= 0.6 is 11.3 Å². The molecule has 0 aliphatic carbocycles. The summed E-state index contributed by atoms with van der Waals surface area (Å²) in [5.74, 6) is -0.450. The first kappa shape index (κ1) is 17.5. The molecule has 130 valence electrons. The van der Waals surface area contributed by atoms with E-state index in [0.29, 0.717) is 11.2 Å². The van der Waals surface area contributed by atoms with E-state index in [1.54, 1.807) is 24.4 Å². The number of thiophene rings is 1. The Balaban J connectivity index is 1.68. The van der Waals surface area contributed by atoms with Crippen molar-refractivity contribution in [1.82, 2.24) is 9.71 Å². The predicted octanol–water partition coefficient (Wildman–Crippen LogP) is 2.78. The zero-order valence-electron chi connectivity index (χ0n) is 13.5. The second-order valence-electron chi connectivity index (χ2n) is 5.33. The van der Waals surface area contributed by atoms with E-state index in [1.165, 1.54) is 11.3 Å². The molecule has 1 amide bonds. The highest BCUT2D eigenvalue weighted by molar-refractivity contribution is 7.91. The fourth-order valence-electron chi connectivity index (χ4n) is 2.32. The topological polar surface area (TPSA) is 88.2 Å². The van der Waals surface area contributed by atoms with Crippen LogP contribution in [0.15, 0.2) is 52.9 Å². The van der Waals surface area contributed by atoms with Gasteiger partial charge in [0.05, 0.1) is 17.7 Å². The number of amides is 1. The van der Waals surface area contributed by atoms with Crippen molar-refractivity contribution < 1.29 is 13.2 Å². The first-order valence-electron chi connectivity index (χ1n) is 7.71. The van der Waals surface area contributed by atoms with Gasteiger partial charge in [-0.1, -0.05) is 25.1 Å². The molecule has 3 rings (SSSR count). The molecule has 0 radical (unpaired) electrons. The minimum atomic E-state index is -3.69. The van der Waals surface area contributed by atoms with E-state index in [9.17, 15) is 13.2 Å². The van der Waals surface area contributed by atoms with Crippen molar-refractivity contribution in [3.05, 3.63) is 53.5 Å². The Morgan fingerprint density at radius 2 is 1.96 bits per heavy atom. The summed E-state index contributed by atoms with van der Waals surface area (Å²) in [6, 6.07) is 12.5. The van der Waals surface area contributed by atoms with Crippen LogP contribution in [0.3, 0.4) is 0 Å². The molecule has 0 aliphatic heterocycles. The summed E-state index contributed by atoms with van der Waals surface area (Å²) in [7, 11) is -3.69. The van der Waals surface area contributed by atoms with E-state index in [0.717, 1.165) is 16.7 Å². The van der Waals surface area contributed by atoms with Crippen LogP contribution in [0.1, 0.15) is 11.8 Å². The number of pyridine rings is 1. The van der Waals surface area contributed by atoms with Crippen molar-refractivity contribution in [2.45, 2.75) is 17.6 Å². The van der Waals surface area contributed by atoms with Crippen molar-refractivity contribution >= 4 is 43.9 Å². The third kappa shape index (κ3) is 4.04. The van der Waals surface area contributed by atoms with Crippen LogP contribution in [0.4, 0.5) is 5.69 Å². The summed E-state index contributed by atoms with van der Waals surface area (Å²) in [6.45, 7) is 1.62. The number of sulfonamides is 1. The molecule has 1 aromatic carbocycles. The molecule has 0 unspecified atom stereocenters. The van der Waals surface area contributed by atoms with Gasteiger partial charge in [-0.15, -0.1) is 11.3 Å². The number of carbonyl (C=O) groups is 1. The van der Waals surface area contributed by atoms with Crippen molar-refractivity contribution in [3.8, 4) is 0 Å². The van der Waals surface area contributed by atoms with Gasteiger partial charge in [-0.3, -0.25) is 9.78 Å². The highest BCUT2D eigenvalue weighted by atomic mass is 32.2. The number of nitrogens with one attached hydrogen (secondary N) is 2. The SMILES string of the molecule is CCc1ccc(S(=O)(=O)NCC(=O)Nc2cccc3cccnc23)s1. The van der Waals surface area contributed by atoms with E-state index >= 15 is 0 Å². The van der Waals surface area contributed by atoms with Crippen molar-refractivity contribution in [2.75, 3.05) is 11.9 Å². The quantitative estimate of drug-likeness (QED) is 0.693. The van der Waals surface area contributed by atoms with Gasteiger partial charge in [0.2, 0.25) is 5.91 Å². The molecule has 0 atom stereocenters. The number of hydrogen-bond acceptors (Lipinski definition) is 5. The number of benzene rings is 1. The summed E-state index contributed by atoms with van der Waals surface area (Å²) < 4.78 is 27.0. The highest BCUT2D eigenvalue weighted by Crippen LogP contribution is 2.22. The fraction of sp³-hybridized carbons (Fsp3) is 0.176. The molecule has 3 aromatic rings. The average molecular weight is 375 g/mol. The van der Waals surface area contributed by atoms with Gasteiger partial charge in [0.15, 0.2) is 0 Å². The molecule has 2 heterocycles. The van der Waals surface area contributed by atoms with Crippen LogP contribution in [-0.2, 0) is 21.2 Å². The van der Waals surface area contributed by atoms with Gasteiger partial charge in [-0.05, 0) is 30.7 Å². The lowest BCUT2D eigenvalue weighted by atomic mass is 10.2. The normalized spacial score (nSPS) is 11.6. The molecule has 0 fully saturated rings. The largest absolute Gasteiger partial charge is 0.323 e. The Morgan fingerprint density at radius 3 is 2.72 bits per heavy atom. The number of para-hydroxylation sites is 1. The number of anilines is 1. The van der Waals surface area contributed by atoms with Crippen LogP contribution in [0.25, 0.3) is 10.9 Å². The van der Waals surface area contributed by atoms with Gasteiger partial charge in [0.1, 0.15) is 4.21 Å². The molecule has 0 bridgehead atoms. The maximum atomic E-state index is 12.2. The summed E-state index contributed by atoms with van der Waals surface area (Å²) in [5, 5.41) is 3.60. The average Bonchev–Trinajstić information content (AvgIpc) is 3.11. The molecule has 0 aliphatic rings. The summed E-state index contributed by atoms with van der Waals surface area (Å²) in [4.78, 5) is 17.4. The first-order chi connectivity index (χ1) is 12.0. The predicted molar refractivity (Wildman–Crippen MR) is 99.3 cm³/mol. The molecule has 6 nitrogen and oxygen atoms in total. The van der Waals surface area contributed by atoms with E-state index in [4.69, 9.17) is 0 Å². The van der Waals surface area contributed by atoms with Crippen LogP contribution in [0, 0.1) is 0 Å². The lowest BCUT2D eigenvalue weighted by Gasteiger charge is -2.08. The molecule has 0 saturated heterocycles. The van der Waals surface area contributed by atoms with Crippen LogP contribution < -0.4 is 10.0 Å². The molecule has 0 saturated carbocycles. The maximum absolute atomic E-state index is 12.2. The maximum Gasteiger partial charge on any atom is 0.250 e. The zero-order chi connectivity index (χ0) is 17.9. The minimum absolute atomic E-state index is 0.212. The third-order valence-electron chi connectivity index (χ3n) is 3.58. The summed E-state index contributed by atoms with van der Waals surface area (Å²) in [5.41, 5.74) is 1.21. The molecule has 2 N–H and O–H groups in total. The van der Waals surface area contributed by atoms with E-state index in [2.05, 4.69) is 15.0 Å². The third-order valence-corrected chi connectivity index (χ3v) is 6.70. The lowest BCUT2D eigenvalue weighted by Crippen LogP contribution is -2.32. The Kier molecular flexibility index (Phi) is 5.12. The van der Waals surface area contributed by atoms with E-state index in [1.807, 2.05) is 31.2 Å². The molecule has 8 heteroatoms. The number of carbonyl (C=O) groups excluding carboxylic acids is 1. The molecule has 2 aromatic heterocycles. The van der Waals surface area contributed by atoms with Crippen molar-refractivity contribution in [3.63, 3.8) is 0 Å². The van der Waals surface area contributed by atoms with Crippen LogP contribution in [0.5, 0.6) is 0 Å². The number of aromatic nitrogens is 1. The van der Waals surface area contributed by atoms with E-state index in [-0.39, 0.29) is 10.8 Å². The van der Waals surface area contributed by atoms with Gasteiger partial charge in [0.25, 0.3) is 10.0 Å². The standard InChI is InChI=1S/C17H17N3O3S2/c1-2-13-8-9-16(24-13)25(22,23)19-11-15(21)20-14-7-3-5-12-6-4-10-18-17(12)14/h3-10,19H,2,11H2,1H3,(H,20,21). The lowest BCUT2D eigenvalue weighted by molar-refractivity contribution is -0.115. The summed E-state index contributed by atoms with van der Waals surface area (Å²) >= 11 is 1.21. The number of aryl methyl sites for hydroxylation is 1. The van der Waals surface area contributed by atoms with Crippen LogP contribution in [-0.4, -0.2) is 25.9 Å². The number of nitrogens with zero attached hydrogens (tertiary/aromatic N) is 1. The minimum Gasteiger partial charge on any atom is -0.323 e. The number of fused-ring (bicyclic) bond motifs is 1. The molecular weight excluding hydrogens is 358 g/mol. The van der Waals surface area contributed by atoms with Crippen LogP contribution in [0.2, 0.25) is 0 Å². The first-order valence-corrected chi connectivity index (χ1v) is 10.0. The molecule has 25 heavy (non-hydrogen) atoms. The Bertz CT molecular complexity index is 1010. The second-order valence-corrected chi connectivity index (χ2v) is 8.49. The Hall–Kier alpha value is -2.29. The molecular formula is C17H17N3O3S2. The van der Waals surface area contributed by atoms with Gasteiger partial charge in [0, 0.05) is 16.5 Å². The Labute approximate surface area is 150 Å². The number of rotatable bonds is 6. The number of hydrogen-bond donors (Lipinski definition) is 2. The smallest absolute Gasteiger partial charge is 0.250 e. The van der Waals surface area contributed by atoms with Gasteiger partial charge in [-0.25, -0.2) is 13.1 Å². The van der Waals surface area contributed by atoms with Gasteiger partial charge in [-0.2, -0.15) is 0 Å². The molecule has 0 spiro atoms. The van der Waals surface area contributed by atoms with Crippen molar-refractivity contribution in [2.24, 2.45) is 0 Å². The Morgan fingerprint density at radius 1 is 1.16 bits per heavy atom. The van der Waals surface area contributed by atoms with E-state index < -0.39 is 15.9 Å². The van der Waals surface area contributed by atoms with Gasteiger partial charge < -0.3 is 5.32 Å². The zero-order valence-corrected chi connectivity index (χ0v) is 15.2. The fourth-order valence-corrected chi connectivity index (χ4v) is 4.65. The monoisotopic (exact) mass is 375 g/mol. The van der Waals surface area contributed by atoms with Crippen molar-refractivity contribution in [1.29, 1.82) is 0 Å².